The van der Waals surface area contributed by atoms with Crippen LogP contribution < -0.4 is 4.90 Å². The Morgan fingerprint density at radius 2 is 2.07 bits per heavy atom. The van der Waals surface area contributed by atoms with Crippen molar-refractivity contribution in [2.75, 3.05) is 51.3 Å². The number of carbonyl (C=O) groups is 1. The second-order valence-corrected chi connectivity index (χ2v) is 7.27. The third-order valence-electron chi connectivity index (χ3n) is 5.47. The monoisotopic (exact) mass is 388 g/mol. The van der Waals surface area contributed by atoms with E-state index in [4.69, 9.17) is 9.15 Å². The predicted molar refractivity (Wildman–Crippen MR) is 102 cm³/mol. The van der Waals surface area contributed by atoms with Crippen LogP contribution in [0.15, 0.2) is 34.9 Å². The standard InChI is InChI=1S/C20H25FN4O3/c1-23(15-6-11-27-13-15)20(26)17-14-28-19(22-17)12-24-7-9-25(10-8-24)18-5-3-2-4-16(18)21/h2-5,14-15H,6-13H2,1H3/t15-/m0/s1. The Hall–Kier alpha value is -2.45. The summed E-state index contributed by atoms with van der Waals surface area (Å²) >= 11 is 0. The molecule has 0 spiro atoms. The van der Waals surface area contributed by atoms with Gasteiger partial charge in [-0.2, -0.15) is 0 Å². The lowest BCUT2D eigenvalue weighted by Gasteiger charge is -2.35. The molecule has 0 aliphatic carbocycles. The van der Waals surface area contributed by atoms with Gasteiger partial charge in [0.1, 0.15) is 12.1 Å². The molecule has 2 saturated heterocycles. The molecular formula is C20H25FN4O3. The number of aromatic nitrogens is 1. The average molecular weight is 388 g/mol. The number of hydrogen-bond acceptors (Lipinski definition) is 6. The number of piperazine rings is 1. The molecule has 1 aromatic heterocycles. The van der Waals surface area contributed by atoms with Gasteiger partial charge in [-0.05, 0) is 18.6 Å². The van der Waals surface area contributed by atoms with Crippen LogP contribution >= 0.6 is 0 Å². The summed E-state index contributed by atoms with van der Waals surface area (Å²) in [4.78, 5) is 22.9. The summed E-state index contributed by atoms with van der Waals surface area (Å²) in [7, 11) is 1.78. The molecule has 0 saturated carbocycles. The van der Waals surface area contributed by atoms with E-state index in [1.54, 1.807) is 18.0 Å². The predicted octanol–water partition coefficient (Wildman–Crippen LogP) is 2.00. The van der Waals surface area contributed by atoms with Crippen molar-refractivity contribution in [1.29, 1.82) is 0 Å². The number of carbonyl (C=O) groups excluding carboxylic acids is 1. The van der Waals surface area contributed by atoms with Crippen molar-refractivity contribution in [2.24, 2.45) is 0 Å². The van der Waals surface area contributed by atoms with Gasteiger partial charge in [0.25, 0.3) is 5.91 Å². The minimum atomic E-state index is -0.191. The number of rotatable bonds is 5. The lowest BCUT2D eigenvalue weighted by Crippen LogP contribution is -2.46. The van der Waals surface area contributed by atoms with Gasteiger partial charge in [-0.25, -0.2) is 9.37 Å². The SMILES string of the molecule is CN(C(=O)c1coc(CN2CCN(c3ccccc3F)CC2)n1)[C@H]1CCOC1. The van der Waals surface area contributed by atoms with Crippen molar-refractivity contribution in [3.8, 4) is 0 Å². The second-order valence-electron chi connectivity index (χ2n) is 7.27. The molecular weight excluding hydrogens is 363 g/mol. The Balaban J connectivity index is 1.31. The van der Waals surface area contributed by atoms with Crippen molar-refractivity contribution in [3.05, 3.63) is 47.9 Å². The molecule has 0 unspecified atom stereocenters. The number of oxazole rings is 1. The number of likely N-dealkylation sites (N-methyl/N-ethyl adjacent to an activating group) is 1. The van der Waals surface area contributed by atoms with Crippen molar-refractivity contribution >= 4 is 11.6 Å². The summed E-state index contributed by atoms with van der Waals surface area (Å²) in [5, 5.41) is 0. The van der Waals surface area contributed by atoms with E-state index >= 15 is 0 Å². The number of para-hydroxylation sites is 1. The minimum absolute atomic E-state index is 0.0964. The zero-order chi connectivity index (χ0) is 19.5. The minimum Gasteiger partial charge on any atom is -0.447 e. The average Bonchev–Trinajstić information content (AvgIpc) is 3.40. The highest BCUT2D eigenvalue weighted by molar-refractivity contribution is 5.92. The fourth-order valence-electron chi connectivity index (χ4n) is 3.70. The van der Waals surface area contributed by atoms with Gasteiger partial charge in [0.15, 0.2) is 5.69 Å². The van der Waals surface area contributed by atoms with Crippen molar-refractivity contribution in [2.45, 2.75) is 19.0 Å². The van der Waals surface area contributed by atoms with E-state index in [-0.39, 0.29) is 17.8 Å². The quantitative estimate of drug-likeness (QED) is 0.781. The van der Waals surface area contributed by atoms with E-state index in [1.165, 1.54) is 12.3 Å². The fourth-order valence-corrected chi connectivity index (χ4v) is 3.70. The molecule has 7 nitrogen and oxygen atoms in total. The number of anilines is 1. The molecule has 0 radical (unpaired) electrons. The van der Waals surface area contributed by atoms with Gasteiger partial charge in [-0.3, -0.25) is 9.69 Å². The third-order valence-corrected chi connectivity index (χ3v) is 5.47. The van der Waals surface area contributed by atoms with E-state index in [9.17, 15) is 9.18 Å². The summed E-state index contributed by atoms with van der Waals surface area (Å²) in [5.41, 5.74) is 0.972. The zero-order valence-corrected chi connectivity index (χ0v) is 16.0. The maximum absolute atomic E-state index is 13.9. The van der Waals surface area contributed by atoms with E-state index in [0.29, 0.717) is 37.0 Å². The highest BCUT2D eigenvalue weighted by atomic mass is 19.1. The van der Waals surface area contributed by atoms with Crippen LogP contribution in [0.2, 0.25) is 0 Å². The molecule has 28 heavy (non-hydrogen) atoms. The van der Waals surface area contributed by atoms with Gasteiger partial charge in [0.2, 0.25) is 5.89 Å². The highest BCUT2D eigenvalue weighted by Crippen LogP contribution is 2.21. The van der Waals surface area contributed by atoms with Gasteiger partial charge >= 0.3 is 0 Å². The van der Waals surface area contributed by atoms with Gasteiger partial charge in [-0.15, -0.1) is 0 Å². The molecule has 0 bridgehead atoms. The molecule has 3 heterocycles. The van der Waals surface area contributed by atoms with Gasteiger partial charge in [0, 0.05) is 39.8 Å². The third kappa shape index (κ3) is 4.02. The second kappa shape index (κ2) is 8.28. The van der Waals surface area contributed by atoms with E-state index in [1.807, 2.05) is 12.1 Å². The lowest BCUT2D eigenvalue weighted by molar-refractivity contribution is 0.0705. The Kier molecular flexibility index (Phi) is 5.59. The molecule has 0 N–H and O–H groups in total. The molecule has 2 aliphatic rings. The van der Waals surface area contributed by atoms with Crippen LogP contribution in [0.5, 0.6) is 0 Å². The molecule has 4 rings (SSSR count). The van der Waals surface area contributed by atoms with Crippen molar-refractivity contribution < 1.29 is 18.3 Å². The van der Waals surface area contributed by atoms with Crippen LogP contribution in [0.25, 0.3) is 0 Å². The highest BCUT2D eigenvalue weighted by Gasteiger charge is 2.27. The first-order valence-electron chi connectivity index (χ1n) is 9.63. The smallest absolute Gasteiger partial charge is 0.275 e. The van der Waals surface area contributed by atoms with Crippen LogP contribution in [0.1, 0.15) is 22.8 Å². The normalized spacial score (nSPS) is 20.5. The van der Waals surface area contributed by atoms with Gasteiger partial charge in [0.05, 0.1) is 24.9 Å². The van der Waals surface area contributed by atoms with Gasteiger partial charge < -0.3 is 19.0 Å². The van der Waals surface area contributed by atoms with Crippen LogP contribution in [0.3, 0.4) is 0 Å². The summed E-state index contributed by atoms with van der Waals surface area (Å²) < 4.78 is 24.8. The maximum Gasteiger partial charge on any atom is 0.275 e. The summed E-state index contributed by atoms with van der Waals surface area (Å²) in [5.74, 6) is 0.192. The molecule has 8 heteroatoms. The summed E-state index contributed by atoms with van der Waals surface area (Å²) in [6, 6.07) is 6.95. The van der Waals surface area contributed by atoms with Crippen LogP contribution in [-0.4, -0.2) is 73.2 Å². The Labute approximate surface area is 163 Å². The number of hydrogen-bond donors (Lipinski definition) is 0. The largest absolute Gasteiger partial charge is 0.447 e. The molecule has 2 aliphatic heterocycles. The number of ether oxygens (including phenoxy) is 1. The number of nitrogens with zero attached hydrogens (tertiary/aromatic N) is 4. The number of amides is 1. The molecule has 1 amide bonds. The van der Waals surface area contributed by atoms with Crippen LogP contribution in [0.4, 0.5) is 10.1 Å². The number of halogens is 1. The van der Waals surface area contributed by atoms with Crippen molar-refractivity contribution in [1.82, 2.24) is 14.8 Å². The van der Waals surface area contributed by atoms with E-state index < -0.39 is 0 Å². The lowest BCUT2D eigenvalue weighted by atomic mass is 10.2. The van der Waals surface area contributed by atoms with E-state index in [0.717, 1.165) is 32.6 Å². The zero-order valence-electron chi connectivity index (χ0n) is 16.0. The van der Waals surface area contributed by atoms with Crippen LogP contribution in [-0.2, 0) is 11.3 Å². The summed E-state index contributed by atoms with van der Waals surface area (Å²) in [6.45, 7) is 4.81. The topological polar surface area (TPSA) is 62.1 Å². The van der Waals surface area contributed by atoms with Crippen LogP contribution in [0, 0.1) is 5.82 Å². The first-order chi connectivity index (χ1) is 13.6. The van der Waals surface area contributed by atoms with E-state index in [2.05, 4.69) is 14.8 Å². The Morgan fingerprint density at radius 1 is 1.29 bits per heavy atom. The molecule has 2 fully saturated rings. The molecule has 1 aromatic carbocycles. The summed E-state index contributed by atoms with van der Waals surface area (Å²) in [6.07, 6.45) is 2.28. The molecule has 1 atom stereocenters. The number of benzene rings is 1. The fraction of sp³-hybridized carbons (Fsp3) is 0.500. The van der Waals surface area contributed by atoms with Gasteiger partial charge in [-0.1, -0.05) is 12.1 Å². The molecule has 2 aromatic rings. The Bertz CT molecular complexity index is 813. The molecule has 150 valence electrons. The first kappa shape index (κ1) is 18.9. The van der Waals surface area contributed by atoms with Crippen molar-refractivity contribution in [3.63, 3.8) is 0 Å². The Morgan fingerprint density at radius 3 is 2.79 bits per heavy atom. The first-order valence-corrected chi connectivity index (χ1v) is 9.63. The maximum atomic E-state index is 13.9.